The lowest BCUT2D eigenvalue weighted by Gasteiger charge is -2.00. The predicted octanol–water partition coefficient (Wildman–Crippen LogP) is 2.81. The average molecular weight is 274 g/mol. The Morgan fingerprint density at radius 3 is 2.67 bits per heavy atom. The maximum atomic E-state index is 11.1. The van der Waals surface area contributed by atoms with E-state index in [0.29, 0.717) is 18.6 Å². The van der Waals surface area contributed by atoms with Gasteiger partial charge in [0.05, 0.1) is 0 Å². The van der Waals surface area contributed by atoms with Crippen LogP contribution >= 0.6 is 22.6 Å². The lowest BCUT2D eigenvalue weighted by Crippen LogP contribution is -2.01. The van der Waals surface area contributed by atoms with Gasteiger partial charge in [0.15, 0.2) is 0 Å². The third-order valence-corrected chi connectivity index (χ3v) is 2.79. The van der Waals surface area contributed by atoms with Gasteiger partial charge in [0.2, 0.25) is 0 Å². The Hall–Kier alpha value is -0.380. The van der Waals surface area contributed by atoms with Crippen LogP contribution in [0.25, 0.3) is 0 Å². The molecular weight excluding hydrogens is 263 g/mol. The summed E-state index contributed by atoms with van der Waals surface area (Å²) in [5.74, 6) is 0.305. The van der Waals surface area contributed by atoms with Crippen LogP contribution in [0, 0.1) is 3.57 Å². The number of benzene rings is 1. The van der Waals surface area contributed by atoms with Crippen LogP contribution in [0.2, 0.25) is 0 Å². The number of hydrogen-bond acceptors (Lipinski definition) is 1. The fraction of sp³-hybridized carbons (Fsp3) is 0.300. The first-order valence-corrected chi connectivity index (χ1v) is 5.07. The molecule has 0 amide bonds. The first kappa shape index (κ1) is 9.71. The zero-order chi connectivity index (χ0) is 8.97. The number of carbonyl (C=O) groups excluding carboxylic acids is 1. The Morgan fingerprint density at radius 1 is 1.42 bits per heavy atom. The van der Waals surface area contributed by atoms with Crippen molar-refractivity contribution in [3.63, 3.8) is 0 Å². The molecule has 0 bridgehead atoms. The molecular formula is C10H11IO. The number of Topliss-reactive ketones (excluding diaryl/α,β-unsaturated/α-hetero) is 1. The maximum absolute atomic E-state index is 11.1. The Kier molecular flexibility index (Phi) is 3.72. The summed E-state index contributed by atoms with van der Waals surface area (Å²) in [6.45, 7) is 1.90. The molecule has 1 aromatic rings. The normalized spacial score (nSPS) is 9.83. The highest BCUT2D eigenvalue weighted by Crippen LogP contribution is 2.12. The van der Waals surface area contributed by atoms with Crippen LogP contribution in [0.4, 0.5) is 0 Å². The average Bonchev–Trinajstić information content (AvgIpc) is 2.09. The van der Waals surface area contributed by atoms with E-state index >= 15 is 0 Å². The Bertz CT molecular complexity index is 281. The van der Waals surface area contributed by atoms with Gasteiger partial charge in [-0.1, -0.05) is 25.1 Å². The van der Waals surface area contributed by atoms with E-state index in [9.17, 15) is 4.79 Å². The van der Waals surface area contributed by atoms with E-state index in [-0.39, 0.29) is 0 Å². The van der Waals surface area contributed by atoms with E-state index in [2.05, 4.69) is 22.6 Å². The van der Waals surface area contributed by atoms with Crippen molar-refractivity contribution >= 4 is 28.4 Å². The molecule has 0 heterocycles. The molecule has 0 aromatic heterocycles. The summed E-state index contributed by atoms with van der Waals surface area (Å²) in [7, 11) is 0. The first-order chi connectivity index (χ1) is 5.74. The number of rotatable bonds is 3. The molecule has 0 unspecified atom stereocenters. The van der Waals surface area contributed by atoms with E-state index in [1.165, 1.54) is 3.57 Å². The van der Waals surface area contributed by atoms with Crippen LogP contribution in [0.3, 0.4) is 0 Å². The standard InChI is InChI=1S/C10H11IO/c1-2-9(12)7-8-5-3-4-6-10(8)11/h3-6H,2,7H2,1H3. The molecule has 0 atom stereocenters. The van der Waals surface area contributed by atoms with Crippen LogP contribution in [0.5, 0.6) is 0 Å². The zero-order valence-corrected chi connectivity index (χ0v) is 9.17. The summed E-state index contributed by atoms with van der Waals surface area (Å²) >= 11 is 2.26. The van der Waals surface area contributed by atoms with Crippen molar-refractivity contribution in [3.05, 3.63) is 33.4 Å². The van der Waals surface area contributed by atoms with Crippen LogP contribution in [0.15, 0.2) is 24.3 Å². The predicted molar refractivity (Wildman–Crippen MR) is 58.2 cm³/mol. The molecule has 1 rings (SSSR count). The van der Waals surface area contributed by atoms with Gasteiger partial charge in [0.1, 0.15) is 5.78 Å². The fourth-order valence-electron chi connectivity index (χ4n) is 0.979. The molecule has 0 fully saturated rings. The van der Waals surface area contributed by atoms with Crippen LogP contribution in [0.1, 0.15) is 18.9 Å². The van der Waals surface area contributed by atoms with Crippen molar-refractivity contribution in [2.75, 3.05) is 0 Å². The highest BCUT2D eigenvalue weighted by atomic mass is 127. The molecule has 0 aliphatic heterocycles. The minimum atomic E-state index is 0.305. The van der Waals surface area contributed by atoms with E-state index in [1.807, 2.05) is 31.2 Å². The van der Waals surface area contributed by atoms with Crippen molar-refractivity contribution in [3.8, 4) is 0 Å². The minimum absolute atomic E-state index is 0.305. The second-order valence-electron chi connectivity index (χ2n) is 2.66. The SMILES string of the molecule is CCC(=O)Cc1ccccc1I. The summed E-state index contributed by atoms with van der Waals surface area (Å²) in [6, 6.07) is 8.00. The molecule has 0 radical (unpaired) electrons. The molecule has 1 nitrogen and oxygen atoms in total. The summed E-state index contributed by atoms with van der Waals surface area (Å²) in [5, 5.41) is 0. The second-order valence-corrected chi connectivity index (χ2v) is 3.82. The summed E-state index contributed by atoms with van der Waals surface area (Å²) < 4.78 is 1.18. The summed E-state index contributed by atoms with van der Waals surface area (Å²) in [6.07, 6.45) is 1.21. The molecule has 0 aliphatic carbocycles. The topological polar surface area (TPSA) is 17.1 Å². The largest absolute Gasteiger partial charge is 0.299 e. The minimum Gasteiger partial charge on any atom is -0.299 e. The van der Waals surface area contributed by atoms with Gasteiger partial charge in [0, 0.05) is 16.4 Å². The highest BCUT2D eigenvalue weighted by molar-refractivity contribution is 14.1. The van der Waals surface area contributed by atoms with Gasteiger partial charge in [-0.15, -0.1) is 0 Å². The first-order valence-electron chi connectivity index (χ1n) is 3.99. The van der Waals surface area contributed by atoms with Gasteiger partial charge >= 0.3 is 0 Å². The maximum Gasteiger partial charge on any atom is 0.137 e. The molecule has 2 heteroatoms. The van der Waals surface area contributed by atoms with Crippen LogP contribution in [-0.4, -0.2) is 5.78 Å². The van der Waals surface area contributed by atoms with Crippen molar-refractivity contribution in [2.45, 2.75) is 19.8 Å². The lowest BCUT2D eigenvalue weighted by molar-refractivity contribution is -0.118. The van der Waals surface area contributed by atoms with E-state index in [1.54, 1.807) is 0 Å². The number of ketones is 1. The molecule has 12 heavy (non-hydrogen) atoms. The molecule has 0 N–H and O–H groups in total. The van der Waals surface area contributed by atoms with Crippen molar-refractivity contribution in [2.24, 2.45) is 0 Å². The van der Waals surface area contributed by atoms with Crippen molar-refractivity contribution < 1.29 is 4.79 Å². The summed E-state index contributed by atoms with van der Waals surface area (Å²) in [5.41, 5.74) is 1.14. The van der Waals surface area contributed by atoms with Gasteiger partial charge < -0.3 is 0 Å². The third kappa shape index (κ3) is 2.59. The van der Waals surface area contributed by atoms with Gasteiger partial charge in [-0.2, -0.15) is 0 Å². The van der Waals surface area contributed by atoms with Crippen LogP contribution < -0.4 is 0 Å². The van der Waals surface area contributed by atoms with E-state index < -0.39 is 0 Å². The van der Waals surface area contributed by atoms with Crippen molar-refractivity contribution in [1.82, 2.24) is 0 Å². The monoisotopic (exact) mass is 274 g/mol. The van der Waals surface area contributed by atoms with E-state index in [4.69, 9.17) is 0 Å². The molecule has 1 aromatic carbocycles. The number of hydrogen-bond donors (Lipinski definition) is 0. The Balaban J connectivity index is 2.75. The molecule has 0 saturated heterocycles. The van der Waals surface area contributed by atoms with Gasteiger partial charge in [-0.25, -0.2) is 0 Å². The molecule has 0 aliphatic rings. The second kappa shape index (κ2) is 4.60. The number of carbonyl (C=O) groups is 1. The number of halogens is 1. The molecule has 64 valence electrons. The lowest BCUT2D eigenvalue weighted by atomic mass is 10.1. The fourth-order valence-corrected chi connectivity index (χ4v) is 1.56. The van der Waals surface area contributed by atoms with Gasteiger partial charge in [-0.3, -0.25) is 4.79 Å². The quantitative estimate of drug-likeness (QED) is 0.774. The van der Waals surface area contributed by atoms with Gasteiger partial charge in [0.25, 0.3) is 0 Å². The molecule has 0 saturated carbocycles. The Morgan fingerprint density at radius 2 is 2.08 bits per heavy atom. The van der Waals surface area contributed by atoms with E-state index in [0.717, 1.165) is 5.56 Å². The molecule has 0 spiro atoms. The highest BCUT2D eigenvalue weighted by Gasteiger charge is 2.02. The third-order valence-electron chi connectivity index (χ3n) is 1.74. The van der Waals surface area contributed by atoms with Crippen molar-refractivity contribution in [1.29, 1.82) is 0 Å². The summed E-state index contributed by atoms with van der Waals surface area (Å²) in [4.78, 5) is 11.1. The Labute approximate surface area is 86.3 Å². The van der Waals surface area contributed by atoms with Crippen LogP contribution in [-0.2, 0) is 11.2 Å². The zero-order valence-electron chi connectivity index (χ0n) is 7.01. The smallest absolute Gasteiger partial charge is 0.137 e. The van der Waals surface area contributed by atoms with Gasteiger partial charge in [-0.05, 0) is 34.2 Å².